The molecule has 0 bridgehead atoms. The fourth-order valence-electron chi connectivity index (χ4n) is 2.84. The molecule has 1 heterocycles. The number of pyridine rings is 1. The highest BCUT2D eigenvalue weighted by atomic mass is 16.5. The van der Waals surface area contributed by atoms with Crippen LogP contribution in [0.5, 0.6) is 5.88 Å². The van der Waals surface area contributed by atoms with E-state index in [1.165, 1.54) is 25.7 Å². The van der Waals surface area contributed by atoms with E-state index in [9.17, 15) is 0 Å². The van der Waals surface area contributed by atoms with Gasteiger partial charge >= 0.3 is 0 Å². The smallest absolute Gasteiger partial charge is 0.213 e. The Morgan fingerprint density at radius 3 is 2.72 bits per heavy atom. The lowest BCUT2D eigenvalue weighted by molar-refractivity contribution is 0.122. The molecule has 0 unspecified atom stereocenters. The number of aromatic nitrogens is 1. The van der Waals surface area contributed by atoms with Gasteiger partial charge in [0, 0.05) is 24.7 Å². The van der Waals surface area contributed by atoms with Crippen LogP contribution in [0.15, 0.2) is 18.2 Å². The third-order valence-corrected chi connectivity index (χ3v) is 4.11. The molecule has 0 aliphatic heterocycles. The first kappa shape index (κ1) is 13.3. The maximum atomic E-state index is 5.99. The average molecular weight is 249 g/mol. The molecular weight excluding hydrogens is 226 g/mol. The predicted octanol–water partition coefficient (Wildman–Crippen LogP) is 1.79. The second-order valence-corrected chi connectivity index (χ2v) is 5.16. The molecule has 0 spiro atoms. The number of ether oxygens (including phenoxy) is 1. The van der Waals surface area contributed by atoms with Crippen LogP contribution in [-0.2, 0) is 6.54 Å². The standard InChI is InChI=1S/C14H23N3O/c1-17(14(11-15)8-3-4-9-14)10-12-6-5-7-13(16-12)18-2/h5-7H,3-4,8-11,15H2,1-2H3. The number of methoxy groups -OCH3 is 1. The average Bonchev–Trinajstić information content (AvgIpc) is 2.89. The summed E-state index contributed by atoms with van der Waals surface area (Å²) in [6.45, 7) is 1.56. The van der Waals surface area contributed by atoms with Gasteiger partial charge in [-0.3, -0.25) is 4.90 Å². The third-order valence-electron chi connectivity index (χ3n) is 4.11. The number of rotatable bonds is 5. The van der Waals surface area contributed by atoms with Gasteiger partial charge in [0.1, 0.15) is 0 Å². The van der Waals surface area contributed by atoms with Crippen molar-refractivity contribution >= 4 is 0 Å². The van der Waals surface area contributed by atoms with Crippen molar-refractivity contribution in [1.29, 1.82) is 0 Å². The molecule has 4 nitrogen and oxygen atoms in total. The molecule has 18 heavy (non-hydrogen) atoms. The zero-order chi connectivity index (χ0) is 13.0. The Balaban J connectivity index is 2.07. The minimum atomic E-state index is 0.171. The molecule has 1 fully saturated rings. The van der Waals surface area contributed by atoms with Gasteiger partial charge in [-0.1, -0.05) is 18.9 Å². The van der Waals surface area contributed by atoms with Crippen molar-refractivity contribution in [3.05, 3.63) is 23.9 Å². The van der Waals surface area contributed by atoms with Gasteiger partial charge in [-0.05, 0) is 26.0 Å². The van der Waals surface area contributed by atoms with Crippen molar-refractivity contribution in [2.24, 2.45) is 5.73 Å². The monoisotopic (exact) mass is 249 g/mol. The van der Waals surface area contributed by atoms with Gasteiger partial charge in [-0.15, -0.1) is 0 Å². The normalized spacial score (nSPS) is 18.2. The molecule has 0 saturated heterocycles. The Kier molecular flexibility index (Phi) is 4.19. The number of likely N-dealkylation sites (N-methyl/N-ethyl adjacent to an activating group) is 1. The highest BCUT2D eigenvalue weighted by molar-refractivity contribution is 5.16. The Labute approximate surface area is 109 Å². The second-order valence-electron chi connectivity index (χ2n) is 5.16. The zero-order valence-corrected chi connectivity index (χ0v) is 11.4. The van der Waals surface area contributed by atoms with Crippen LogP contribution in [-0.4, -0.2) is 36.1 Å². The van der Waals surface area contributed by atoms with E-state index >= 15 is 0 Å². The summed E-state index contributed by atoms with van der Waals surface area (Å²) < 4.78 is 5.16. The molecule has 4 heteroatoms. The van der Waals surface area contributed by atoms with Crippen molar-refractivity contribution in [2.75, 3.05) is 20.7 Å². The Bertz CT molecular complexity index is 388. The highest BCUT2D eigenvalue weighted by Gasteiger charge is 2.36. The summed E-state index contributed by atoms with van der Waals surface area (Å²) in [5, 5.41) is 0. The molecule has 0 radical (unpaired) electrons. The second kappa shape index (κ2) is 5.67. The van der Waals surface area contributed by atoms with E-state index in [0.717, 1.165) is 18.8 Å². The van der Waals surface area contributed by atoms with Crippen LogP contribution in [0.4, 0.5) is 0 Å². The molecule has 100 valence electrons. The Hall–Kier alpha value is -1.13. The first-order valence-corrected chi connectivity index (χ1v) is 6.61. The fraction of sp³-hybridized carbons (Fsp3) is 0.643. The lowest BCUT2D eigenvalue weighted by Gasteiger charge is -2.37. The first-order chi connectivity index (χ1) is 8.70. The van der Waals surface area contributed by atoms with Gasteiger partial charge in [0.2, 0.25) is 5.88 Å². The van der Waals surface area contributed by atoms with Crippen LogP contribution < -0.4 is 10.5 Å². The number of hydrogen-bond donors (Lipinski definition) is 1. The van der Waals surface area contributed by atoms with E-state index in [1.807, 2.05) is 18.2 Å². The highest BCUT2D eigenvalue weighted by Crippen LogP contribution is 2.34. The molecule has 0 amide bonds. The maximum Gasteiger partial charge on any atom is 0.213 e. The largest absolute Gasteiger partial charge is 0.481 e. The van der Waals surface area contributed by atoms with Gasteiger partial charge in [0.15, 0.2) is 0 Å². The number of hydrogen-bond acceptors (Lipinski definition) is 4. The molecule has 2 N–H and O–H groups in total. The van der Waals surface area contributed by atoms with Crippen molar-refractivity contribution in [1.82, 2.24) is 9.88 Å². The van der Waals surface area contributed by atoms with Crippen LogP contribution >= 0.6 is 0 Å². The minimum absolute atomic E-state index is 0.171. The zero-order valence-electron chi connectivity index (χ0n) is 11.4. The van der Waals surface area contributed by atoms with Gasteiger partial charge in [0.25, 0.3) is 0 Å². The summed E-state index contributed by atoms with van der Waals surface area (Å²) in [4.78, 5) is 6.83. The number of nitrogens with zero attached hydrogens (tertiary/aromatic N) is 2. The summed E-state index contributed by atoms with van der Waals surface area (Å²) in [7, 11) is 3.80. The summed E-state index contributed by atoms with van der Waals surface area (Å²) in [6.07, 6.45) is 4.97. The van der Waals surface area contributed by atoms with E-state index in [2.05, 4.69) is 16.9 Å². The summed E-state index contributed by atoms with van der Waals surface area (Å²) in [5.74, 6) is 0.675. The molecular formula is C14H23N3O. The van der Waals surface area contributed by atoms with Crippen LogP contribution in [0, 0.1) is 0 Å². The van der Waals surface area contributed by atoms with Crippen molar-refractivity contribution in [3.8, 4) is 5.88 Å². The van der Waals surface area contributed by atoms with Crippen molar-refractivity contribution in [2.45, 2.75) is 37.8 Å². The van der Waals surface area contributed by atoms with Gasteiger partial charge in [0.05, 0.1) is 12.8 Å². The third kappa shape index (κ3) is 2.65. The molecule has 0 aromatic carbocycles. The predicted molar refractivity (Wildman–Crippen MR) is 72.5 cm³/mol. The fourth-order valence-corrected chi connectivity index (χ4v) is 2.84. The van der Waals surface area contributed by atoms with Crippen LogP contribution in [0.3, 0.4) is 0 Å². The minimum Gasteiger partial charge on any atom is -0.481 e. The maximum absolute atomic E-state index is 5.99. The quantitative estimate of drug-likeness (QED) is 0.864. The molecule has 1 aromatic rings. The van der Waals surface area contributed by atoms with Gasteiger partial charge in [-0.25, -0.2) is 4.98 Å². The molecule has 0 atom stereocenters. The topological polar surface area (TPSA) is 51.4 Å². The lowest BCUT2D eigenvalue weighted by atomic mass is 9.95. The van der Waals surface area contributed by atoms with Crippen molar-refractivity contribution < 1.29 is 4.74 Å². The summed E-state index contributed by atoms with van der Waals surface area (Å²) >= 11 is 0. The Morgan fingerprint density at radius 2 is 2.11 bits per heavy atom. The van der Waals surface area contributed by atoms with Gasteiger partial charge in [-0.2, -0.15) is 0 Å². The van der Waals surface area contributed by atoms with E-state index < -0.39 is 0 Å². The Morgan fingerprint density at radius 1 is 1.39 bits per heavy atom. The molecule has 1 aliphatic carbocycles. The first-order valence-electron chi connectivity index (χ1n) is 6.61. The molecule has 1 saturated carbocycles. The van der Waals surface area contributed by atoms with E-state index in [0.29, 0.717) is 5.88 Å². The van der Waals surface area contributed by atoms with Crippen molar-refractivity contribution in [3.63, 3.8) is 0 Å². The summed E-state index contributed by atoms with van der Waals surface area (Å²) in [5.41, 5.74) is 7.20. The lowest BCUT2D eigenvalue weighted by Crippen LogP contribution is -2.49. The van der Waals surface area contributed by atoms with Crippen LogP contribution in [0.1, 0.15) is 31.4 Å². The summed E-state index contributed by atoms with van der Waals surface area (Å²) in [6, 6.07) is 5.90. The molecule has 1 aliphatic rings. The molecule has 1 aromatic heterocycles. The van der Waals surface area contributed by atoms with E-state index in [1.54, 1.807) is 7.11 Å². The van der Waals surface area contributed by atoms with E-state index in [4.69, 9.17) is 10.5 Å². The van der Waals surface area contributed by atoms with Gasteiger partial charge < -0.3 is 10.5 Å². The van der Waals surface area contributed by atoms with Crippen LogP contribution in [0.2, 0.25) is 0 Å². The number of nitrogens with two attached hydrogens (primary N) is 1. The van der Waals surface area contributed by atoms with E-state index in [-0.39, 0.29) is 5.54 Å². The van der Waals surface area contributed by atoms with Crippen LogP contribution in [0.25, 0.3) is 0 Å². The SMILES string of the molecule is COc1cccc(CN(C)C2(CN)CCCC2)n1. The molecule has 2 rings (SSSR count).